The van der Waals surface area contributed by atoms with Crippen molar-refractivity contribution >= 4 is 22.6 Å². The van der Waals surface area contributed by atoms with Gasteiger partial charge in [0.1, 0.15) is 17.7 Å². The van der Waals surface area contributed by atoms with E-state index in [0.717, 1.165) is 4.57 Å². The van der Waals surface area contributed by atoms with Gasteiger partial charge in [-0.05, 0) is 26.0 Å². The fourth-order valence-corrected chi connectivity index (χ4v) is 3.31. The molecule has 156 valence electrons. The standard InChI is InChI=1S/C20H20N4O6/c1-4-28-17-11(2)8-21-18-16(17)19(26)24(20(27)23(18)3)9-15(25)22-12-5-6-13-14(7-12)30-10-29-13/h5-8H,4,9-10H2,1-3H3,(H,22,25). The van der Waals surface area contributed by atoms with Crippen LogP contribution in [-0.2, 0) is 18.4 Å². The zero-order valence-electron chi connectivity index (χ0n) is 16.7. The van der Waals surface area contributed by atoms with E-state index in [1.54, 1.807) is 38.2 Å². The third kappa shape index (κ3) is 3.25. The summed E-state index contributed by atoms with van der Waals surface area (Å²) in [6.45, 7) is 3.55. The minimum absolute atomic E-state index is 0.116. The molecule has 0 spiro atoms. The van der Waals surface area contributed by atoms with Gasteiger partial charge in [0.25, 0.3) is 5.56 Å². The number of hydrogen-bond donors (Lipinski definition) is 1. The van der Waals surface area contributed by atoms with Crippen LogP contribution in [0.25, 0.3) is 11.0 Å². The van der Waals surface area contributed by atoms with E-state index in [1.807, 2.05) is 0 Å². The second-order valence-corrected chi connectivity index (χ2v) is 6.75. The summed E-state index contributed by atoms with van der Waals surface area (Å²) in [5.74, 6) is 0.910. The minimum Gasteiger partial charge on any atom is -0.493 e. The van der Waals surface area contributed by atoms with Crippen molar-refractivity contribution < 1.29 is 19.0 Å². The maximum atomic E-state index is 13.1. The Bertz CT molecular complexity index is 1280. The van der Waals surface area contributed by atoms with E-state index >= 15 is 0 Å². The van der Waals surface area contributed by atoms with Crippen LogP contribution in [0.3, 0.4) is 0 Å². The Kier molecular flexibility index (Phi) is 4.90. The fraction of sp³-hybridized carbons (Fsp3) is 0.300. The third-order valence-electron chi connectivity index (χ3n) is 4.73. The SMILES string of the molecule is CCOc1c(C)cnc2c1c(=O)n(CC(=O)Nc1ccc3c(c1)OCO3)c(=O)n2C. The number of carbonyl (C=O) groups is 1. The Morgan fingerprint density at radius 1 is 1.27 bits per heavy atom. The van der Waals surface area contributed by atoms with E-state index < -0.39 is 23.7 Å². The van der Waals surface area contributed by atoms with Gasteiger partial charge >= 0.3 is 5.69 Å². The predicted molar refractivity (Wildman–Crippen MR) is 108 cm³/mol. The number of rotatable bonds is 5. The van der Waals surface area contributed by atoms with Gasteiger partial charge < -0.3 is 19.5 Å². The summed E-state index contributed by atoms with van der Waals surface area (Å²) in [6.07, 6.45) is 1.54. The van der Waals surface area contributed by atoms with Gasteiger partial charge in [-0.2, -0.15) is 0 Å². The maximum absolute atomic E-state index is 13.1. The van der Waals surface area contributed by atoms with Crippen molar-refractivity contribution in [3.8, 4) is 17.2 Å². The Hall–Kier alpha value is -3.82. The van der Waals surface area contributed by atoms with Crippen LogP contribution in [0.1, 0.15) is 12.5 Å². The van der Waals surface area contributed by atoms with Gasteiger partial charge in [-0.3, -0.25) is 14.2 Å². The molecule has 0 bridgehead atoms. The molecule has 1 aliphatic rings. The first kappa shape index (κ1) is 19.5. The molecule has 0 atom stereocenters. The average Bonchev–Trinajstić information content (AvgIpc) is 3.19. The molecule has 3 aromatic rings. The number of carbonyl (C=O) groups excluding carboxylic acids is 1. The molecule has 0 saturated carbocycles. The summed E-state index contributed by atoms with van der Waals surface area (Å²) in [5.41, 5.74) is 0.0473. The number of ether oxygens (including phenoxy) is 3. The Morgan fingerprint density at radius 3 is 2.80 bits per heavy atom. The number of benzene rings is 1. The van der Waals surface area contributed by atoms with Crippen LogP contribution < -0.4 is 30.8 Å². The molecule has 1 aliphatic heterocycles. The summed E-state index contributed by atoms with van der Waals surface area (Å²) in [7, 11) is 1.49. The smallest absolute Gasteiger partial charge is 0.332 e. The van der Waals surface area contributed by atoms with Crippen molar-refractivity contribution in [1.29, 1.82) is 0 Å². The van der Waals surface area contributed by atoms with Crippen LogP contribution in [0, 0.1) is 6.92 Å². The molecule has 1 amide bonds. The highest BCUT2D eigenvalue weighted by molar-refractivity contribution is 5.91. The van der Waals surface area contributed by atoms with Gasteiger partial charge in [0.05, 0.1) is 6.61 Å². The summed E-state index contributed by atoms with van der Waals surface area (Å²) in [5, 5.41) is 2.83. The predicted octanol–water partition coefficient (Wildman–Crippen LogP) is 1.17. The molecule has 3 heterocycles. The lowest BCUT2D eigenvalue weighted by atomic mass is 10.2. The average molecular weight is 412 g/mol. The lowest BCUT2D eigenvalue weighted by molar-refractivity contribution is -0.116. The van der Waals surface area contributed by atoms with E-state index in [9.17, 15) is 14.4 Å². The van der Waals surface area contributed by atoms with Crippen LogP contribution >= 0.6 is 0 Å². The molecule has 10 heteroatoms. The molecular weight excluding hydrogens is 392 g/mol. The summed E-state index contributed by atoms with van der Waals surface area (Å²) in [6, 6.07) is 4.93. The van der Waals surface area contributed by atoms with Gasteiger partial charge in [0, 0.05) is 30.6 Å². The molecule has 30 heavy (non-hydrogen) atoms. The Balaban J connectivity index is 1.71. The number of pyridine rings is 1. The topological polar surface area (TPSA) is 114 Å². The number of hydrogen-bond acceptors (Lipinski definition) is 7. The Morgan fingerprint density at radius 2 is 2.03 bits per heavy atom. The van der Waals surface area contributed by atoms with Gasteiger partial charge in [-0.15, -0.1) is 0 Å². The molecule has 0 aliphatic carbocycles. The van der Waals surface area contributed by atoms with Gasteiger partial charge in [-0.1, -0.05) is 0 Å². The first-order valence-corrected chi connectivity index (χ1v) is 9.32. The normalized spacial score (nSPS) is 12.2. The number of anilines is 1. The largest absolute Gasteiger partial charge is 0.493 e. The fourth-order valence-electron chi connectivity index (χ4n) is 3.31. The van der Waals surface area contributed by atoms with Crippen LogP contribution in [0.4, 0.5) is 5.69 Å². The number of aryl methyl sites for hydroxylation is 2. The second-order valence-electron chi connectivity index (χ2n) is 6.75. The van der Waals surface area contributed by atoms with E-state index in [-0.39, 0.29) is 17.8 Å². The van der Waals surface area contributed by atoms with E-state index in [4.69, 9.17) is 14.2 Å². The number of aromatic nitrogens is 3. The zero-order valence-corrected chi connectivity index (χ0v) is 16.7. The third-order valence-corrected chi connectivity index (χ3v) is 4.73. The number of nitrogens with one attached hydrogen (secondary N) is 1. The van der Waals surface area contributed by atoms with Crippen molar-refractivity contribution in [2.24, 2.45) is 7.05 Å². The van der Waals surface area contributed by atoms with Crippen molar-refractivity contribution in [3.63, 3.8) is 0 Å². The molecule has 10 nitrogen and oxygen atoms in total. The van der Waals surface area contributed by atoms with Crippen molar-refractivity contribution in [2.75, 3.05) is 18.7 Å². The number of fused-ring (bicyclic) bond motifs is 2. The van der Waals surface area contributed by atoms with Crippen LogP contribution in [0.2, 0.25) is 0 Å². The van der Waals surface area contributed by atoms with E-state index in [2.05, 4.69) is 10.3 Å². The molecule has 1 N–H and O–H groups in total. The highest BCUT2D eigenvalue weighted by Gasteiger charge is 2.20. The minimum atomic E-state index is -0.646. The lowest BCUT2D eigenvalue weighted by Gasteiger charge is -2.14. The molecule has 1 aromatic carbocycles. The molecule has 0 fully saturated rings. The number of nitrogens with zero attached hydrogens (tertiary/aromatic N) is 3. The number of amides is 1. The first-order chi connectivity index (χ1) is 14.4. The van der Waals surface area contributed by atoms with E-state index in [0.29, 0.717) is 35.1 Å². The molecule has 0 saturated heterocycles. The monoisotopic (exact) mass is 412 g/mol. The van der Waals surface area contributed by atoms with Crippen LogP contribution in [0.15, 0.2) is 34.0 Å². The second kappa shape index (κ2) is 7.54. The molecule has 4 rings (SSSR count). The highest BCUT2D eigenvalue weighted by atomic mass is 16.7. The van der Waals surface area contributed by atoms with Gasteiger partial charge in [0.15, 0.2) is 17.1 Å². The summed E-state index contributed by atoms with van der Waals surface area (Å²) >= 11 is 0. The molecule has 2 aromatic heterocycles. The van der Waals surface area contributed by atoms with Gasteiger partial charge in [0.2, 0.25) is 12.7 Å². The molecular formula is C20H20N4O6. The zero-order chi connectivity index (χ0) is 21.4. The highest BCUT2D eigenvalue weighted by Crippen LogP contribution is 2.34. The summed E-state index contributed by atoms with van der Waals surface area (Å²) < 4.78 is 18.3. The quantitative estimate of drug-likeness (QED) is 0.669. The molecule has 0 radical (unpaired) electrons. The van der Waals surface area contributed by atoms with Crippen molar-refractivity contribution in [1.82, 2.24) is 14.1 Å². The Labute approximate surface area is 170 Å². The van der Waals surface area contributed by atoms with Gasteiger partial charge in [-0.25, -0.2) is 14.3 Å². The molecule has 0 unspecified atom stereocenters. The van der Waals surface area contributed by atoms with Crippen molar-refractivity contribution in [2.45, 2.75) is 20.4 Å². The maximum Gasteiger partial charge on any atom is 0.332 e. The van der Waals surface area contributed by atoms with Crippen LogP contribution in [0.5, 0.6) is 17.2 Å². The lowest BCUT2D eigenvalue weighted by Crippen LogP contribution is -2.42. The first-order valence-electron chi connectivity index (χ1n) is 9.32. The summed E-state index contributed by atoms with van der Waals surface area (Å²) in [4.78, 5) is 42.6. The van der Waals surface area contributed by atoms with Crippen molar-refractivity contribution in [3.05, 3.63) is 50.8 Å². The van der Waals surface area contributed by atoms with Crippen LogP contribution in [-0.4, -0.2) is 33.4 Å². The van der Waals surface area contributed by atoms with E-state index in [1.165, 1.54) is 11.6 Å².